The van der Waals surface area contributed by atoms with Crippen LogP contribution < -0.4 is 9.80 Å². The largest absolute Gasteiger partial charge is 0.310 e. The Morgan fingerprint density at radius 3 is 1.64 bits per heavy atom. The Morgan fingerprint density at radius 2 is 1.00 bits per heavy atom. The molecule has 72 heavy (non-hydrogen) atoms. The molecule has 0 radical (unpaired) electrons. The highest BCUT2D eigenvalue weighted by atomic mass is 32.2. The third kappa shape index (κ3) is 8.13. The van der Waals surface area contributed by atoms with Gasteiger partial charge in [-0.05, 0) is 165 Å². The molecule has 9 aromatic carbocycles. The molecular formula is C68H58N2S2. The van der Waals surface area contributed by atoms with Crippen molar-refractivity contribution in [2.75, 3.05) is 16.1 Å². The van der Waals surface area contributed by atoms with Crippen molar-refractivity contribution in [1.82, 2.24) is 0 Å². The van der Waals surface area contributed by atoms with Gasteiger partial charge in [0.05, 0.1) is 5.69 Å². The van der Waals surface area contributed by atoms with Crippen LogP contribution in [0.5, 0.6) is 0 Å². The van der Waals surface area contributed by atoms with Gasteiger partial charge in [-0.2, -0.15) is 0 Å². The molecular weight excluding hydrogens is 909 g/mol. The van der Waals surface area contributed by atoms with E-state index in [1.165, 1.54) is 75.9 Å². The van der Waals surface area contributed by atoms with Crippen LogP contribution in [0, 0.1) is 6.92 Å². The summed E-state index contributed by atoms with van der Waals surface area (Å²) in [5, 5.41) is 0. The lowest BCUT2D eigenvalue weighted by Crippen LogP contribution is -2.19. The highest BCUT2D eigenvalue weighted by Crippen LogP contribution is 2.56. The van der Waals surface area contributed by atoms with E-state index in [4.69, 9.17) is 0 Å². The van der Waals surface area contributed by atoms with E-state index in [9.17, 15) is 0 Å². The molecule has 0 aromatic heterocycles. The highest BCUT2D eigenvalue weighted by Gasteiger charge is 2.39. The van der Waals surface area contributed by atoms with Crippen LogP contribution in [-0.2, 0) is 10.8 Å². The molecule has 4 heteroatoms. The number of benzene rings is 9. The van der Waals surface area contributed by atoms with Crippen molar-refractivity contribution in [3.8, 4) is 44.5 Å². The van der Waals surface area contributed by atoms with Crippen LogP contribution in [0.1, 0.15) is 55.5 Å². The Morgan fingerprint density at radius 1 is 0.472 bits per heavy atom. The third-order valence-corrected chi connectivity index (χ3v) is 16.9. The standard InChI is InChI=1S/C68H58N2S2/c1-9-18-50(10-2)70(66-45(3)25-42-60-65(66)58-41-39-55(44-62(58)68(60,6)7)72-64-24-17-16-23-63(64)71-8)53-36-30-49(31-37-53)48-28-34-52(35-29-48)69(51-32-26-47(27-33-51)46-19-12-11-13-20-46)54-38-40-57-56-21-14-15-22-59(56)67(4,5)61(57)43-54/h9-44H,1-2H2,3-8H3/b50-18+. The molecule has 2 aliphatic carbocycles. The fraction of sp³-hybridized carbons (Fsp3) is 0.118. The van der Waals surface area contributed by atoms with E-state index < -0.39 is 0 Å². The summed E-state index contributed by atoms with van der Waals surface area (Å²) in [5.41, 5.74) is 22.6. The van der Waals surface area contributed by atoms with Crippen LogP contribution in [0.25, 0.3) is 44.5 Å². The second kappa shape index (κ2) is 18.9. The summed E-state index contributed by atoms with van der Waals surface area (Å²) < 4.78 is 0. The maximum Gasteiger partial charge on any atom is 0.0572 e. The molecule has 0 amide bonds. The van der Waals surface area contributed by atoms with Crippen molar-refractivity contribution < 1.29 is 0 Å². The molecule has 11 rings (SSSR count). The van der Waals surface area contributed by atoms with Crippen LogP contribution in [0.15, 0.2) is 252 Å². The Hall–Kier alpha value is -7.50. The van der Waals surface area contributed by atoms with Gasteiger partial charge in [0.25, 0.3) is 0 Å². The van der Waals surface area contributed by atoms with Crippen molar-refractivity contribution in [3.63, 3.8) is 0 Å². The van der Waals surface area contributed by atoms with Gasteiger partial charge in [-0.3, -0.25) is 0 Å². The first-order valence-electron chi connectivity index (χ1n) is 24.8. The predicted molar refractivity (Wildman–Crippen MR) is 311 cm³/mol. The first-order valence-corrected chi connectivity index (χ1v) is 26.8. The van der Waals surface area contributed by atoms with Gasteiger partial charge in [0.1, 0.15) is 0 Å². The zero-order valence-corrected chi connectivity index (χ0v) is 43.5. The lowest BCUT2D eigenvalue weighted by molar-refractivity contribution is 0.658. The lowest BCUT2D eigenvalue weighted by Gasteiger charge is -2.31. The number of anilines is 5. The average molecular weight is 967 g/mol. The summed E-state index contributed by atoms with van der Waals surface area (Å²) in [4.78, 5) is 8.59. The second-order valence-corrected chi connectivity index (χ2v) is 21.8. The molecule has 0 saturated carbocycles. The van der Waals surface area contributed by atoms with Crippen LogP contribution in [0.4, 0.5) is 28.4 Å². The maximum atomic E-state index is 4.33. The van der Waals surface area contributed by atoms with E-state index >= 15 is 0 Å². The molecule has 0 N–H and O–H groups in total. The minimum absolute atomic E-state index is 0.116. The van der Waals surface area contributed by atoms with Crippen LogP contribution in [-0.4, -0.2) is 6.26 Å². The van der Waals surface area contributed by atoms with Crippen LogP contribution >= 0.6 is 23.5 Å². The van der Waals surface area contributed by atoms with E-state index in [1.54, 1.807) is 11.8 Å². The molecule has 0 saturated heterocycles. The topological polar surface area (TPSA) is 6.48 Å². The number of fused-ring (bicyclic) bond motifs is 6. The first-order chi connectivity index (χ1) is 35.0. The van der Waals surface area contributed by atoms with Crippen molar-refractivity contribution in [3.05, 3.63) is 265 Å². The summed E-state index contributed by atoms with van der Waals surface area (Å²) in [5.74, 6) is 0. The van der Waals surface area contributed by atoms with E-state index in [0.29, 0.717) is 0 Å². The minimum Gasteiger partial charge on any atom is -0.310 e. The molecule has 2 aliphatic rings. The Labute approximate surface area is 435 Å². The van der Waals surface area contributed by atoms with Crippen molar-refractivity contribution >= 4 is 52.0 Å². The minimum atomic E-state index is -0.203. The molecule has 0 bridgehead atoms. The van der Waals surface area contributed by atoms with Crippen molar-refractivity contribution in [2.45, 2.75) is 60.1 Å². The number of nitrogens with zero attached hydrogens (tertiary/aromatic N) is 2. The summed E-state index contributed by atoms with van der Waals surface area (Å²) >= 11 is 3.64. The molecule has 2 nitrogen and oxygen atoms in total. The second-order valence-electron chi connectivity index (χ2n) is 19.8. The number of hydrogen-bond donors (Lipinski definition) is 0. The molecule has 0 atom stereocenters. The zero-order valence-electron chi connectivity index (χ0n) is 41.9. The van der Waals surface area contributed by atoms with Gasteiger partial charge in [0.2, 0.25) is 0 Å². The summed E-state index contributed by atoms with van der Waals surface area (Å²) in [6.07, 6.45) is 8.01. The van der Waals surface area contributed by atoms with Crippen molar-refractivity contribution in [1.29, 1.82) is 0 Å². The molecule has 0 spiro atoms. The molecule has 9 aromatic rings. The molecule has 0 unspecified atom stereocenters. The Bertz CT molecular complexity index is 3560. The highest BCUT2D eigenvalue weighted by molar-refractivity contribution is 8.02. The number of allylic oxidation sites excluding steroid dienone is 3. The van der Waals surface area contributed by atoms with Gasteiger partial charge >= 0.3 is 0 Å². The third-order valence-electron chi connectivity index (χ3n) is 14.9. The summed E-state index contributed by atoms with van der Waals surface area (Å²) in [6.45, 7) is 20.1. The zero-order chi connectivity index (χ0) is 49.7. The Balaban J connectivity index is 0.950. The van der Waals surface area contributed by atoms with Gasteiger partial charge in [-0.25, -0.2) is 0 Å². The van der Waals surface area contributed by atoms with E-state index in [-0.39, 0.29) is 10.8 Å². The van der Waals surface area contributed by atoms with Crippen LogP contribution in [0.2, 0.25) is 0 Å². The molecule has 0 fully saturated rings. The number of rotatable bonds is 13. The fourth-order valence-electron chi connectivity index (χ4n) is 11.2. The SMILES string of the molecule is C=C/C=C(\C=C)N(c1ccc(-c2ccc(N(c3ccc(-c4ccccc4)cc3)c3ccc4c(c3)C(C)(C)c3ccccc3-4)cc2)cc1)c1c(C)ccc2c1-c1ccc(Sc3ccccc3SC)cc1C2(C)C. The molecule has 0 aliphatic heterocycles. The smallest absolute Gasteiger partial charge is 0.0572 e. The van der Waals surface area contributed by atoms with Gasteiger partial charge in [0, 0.05) is 59.5 Å². The fourth-order valence-corrected chi connectivity index (χ4v) is 12.9. The summed E-state index contributed by atoms with van der Waals surface area (Å²) in [7, 11) is 0. The lowest BCUT2D eigenvalue weighted by atomic mass is 9.82. The van der Waals surface area contributed by atoms with Crippen molar-refractivity contribution in [2.24, 2.45) is 0 Å². The van der Waals surface area contributed by atoms with Crippen LogP contribution in [0.3, 0.4) is 0 Å². The van der Waals surface area contributed by atoms with E-state index in [0.717, 1.165) is 45.3 Å². The quantitative estimate of drug-likeness (QED) is 0.0839. The van der Waals surface area contributed by atoms with Gasteiger partial charge in [0.15, 0.2) is 0 Å². The Kier molecular flexibility index (Phi) is 12.3. The molecule has 352 valence electrons. The van der Waals surface area contributed by atoms with Gasteiger partial charge < -0.3 is 9.80 Å². The first kappa shape index (κ1) is 46.9. The number of aryl methyl sites for hydroxylation is 1. The molecule has 0 heterocycles. The normalized spacial score (nSPS) is 13.7. The number of hydrogen-bond acceptors (Lipinski definition) is 4. The summed E-state index contributed by atoms with van der Waals surface area (Å²) in [6, 6.07) is 73.8. The average Bonchev–Trinajstić information content (AvgIpc) is 3.78. The maximum absolute atomic E-state index is 4.33. The van der Waals surface area contributed by atoms with E-state index in [1.807, 2.05) is 23.9 Å². The monoisotopic (exact) mass is 966 g/mol. The van der Waals surface area contributed by atoms with E-state index in [2.05, 4.69) is 270 Å². The number of thioether (sulfide) groups is 1. The van der Waals surface area contributed by atoms with Gasteiger partial charge in [-0.1, -0.05) is 186 Å². The predicted octanol–water partition coefficient (Wildman–Crippen LogP) is 19.7. The van der Waals surface area contributed by atoms with Gasteiger partial charge in [-0.15, -0.1) is 11.8 Å².